The number of rotatable bonds is 7. The van der Waals surface area contributed by atoms with Crippen molar-refractivity contribution in [2.24, 2.45) is 23.7 Å². The summed E-state index contributed by atoms with van der Waals surface area (Å²) in [6, 6.07) is 0.116. The molecular formula is C28H44ClF6N3O. The predicted molar refractivity (Wildman–Crippen MR) is 139 cm³/mol. The van der Waals surface area contributed by atoms with Crippen LogP contribution in [-0.4, -0.2) is 78.2 Å². The fourth-order valence-corrected chi connectivity index (χ4v) is 8.04. The fourth-order valence-electron chi connectivity index (χ4n) is 7.62. The minimum Gasteiger partial charge on any atom is -0.355 e. The molecule has 0 aromatic heterocycles. The number of alkyl halides is 7. The van der Waals surface area contributed by atoms with Gasteiger partial charge in [0.1, 0.15) is 0 Å². The maximum atomic E-state index is 13.6. The van der Waals surface area contributed by atoms with Gasteiger partial charge in [-0.25, -0.2) is 0 Å². The highest BCUT2D eigenvalue weighted by Gasteiger charge is 2.51. The van der Waals surface area contributed by atoms with Gasteiger partial charge in [0.15, 0.2) is 0 Å². The van der Waals surface area contributed by atoms with E-state index in [4.69, 9.17) is 11.6 Å². The average molecular weight is 588 g/mol. The van der Waals surface area contributed by atoms with Gasteiger partial charge >= 0.3 is 12.4 Å². The summed E-state index contributed by atoms with van der Waals surface area (Å²) < 4.78 is 80.2. The molecule has 2 saturated carbocycles. The van der Waals surface area contributed by atoms with Gasteiger partial charge < -0.3 is 10.2 Å². The zero-order valence-corrected chi connectivity index (χ0v) is 23.5. The van der Waals surface area contributed by atoms with E-state index in [2.05, 4.69) is 15.1 Å². The van der Waals surface area contributed by atoms with E-state index in [-0.39, 0.29) is 43.0 Å². The molecule has 2 aliphatic carbocycles. The number of nitrogens with one attached hydrogen (secondary N) is 1. The summed E-state index contributed by atoms with van der Waals surface area (Å²) in [6.07, 6.45) is -1.25. The van der Waals surface area contributed by atoms with Crippen molar-refractivity contribution in [3.8, 4) is 0 Å². The van der Waals surface area contributed by atoms with Crippen LogP contribution in [0.2, 0.25) is 0 Å². The summed E-state index contributed by atoms with van der Waals surface area (Å²) in [4.78, 5) is 18.4. The monoisotopic (exact) mass is 587 g/mol. The summed E-state index contributed by atoms with van der Waals surface area (Å²) in [6.45, 7) is 3.93. The lowest BCUT2D eigenvalue weighted by atomic mass is 9.73. The molecule has 4 aliphatic rings. The first kappa shape index (κ1) is 31.2. The topological polar surface area (TPSA) is 35.6 Å². The number of hydrogen-bond acceptors (Lipinski definition) is 3. The summed E-state index contributed by atoms with van der Waals surface area (Å²) in [5, 5.41) is 2.80. The molecule has 2 heterocycles. The van der Waals surface area contributed by atoms with Gasteiger partial charge in [-0.2, -0.15) is 26.3 Å². The van der Waals surface area contributed by atoms with Crippen molar-refractivity contribution >= 4 is 17.5 Å². The Hall–Kier alpha value is -0.740. The summed E-state index contributed by atoms with van der Waals surface area (Å²) >= 11 is 6.74. The maximum absolute atomic E-state index is 13.6. The summed E-state index contributed by atoms with van der Waals surface area (Å²) in [5.74, 6) is -4.82. The fraction of sp³-hybridized carbons (Fsp3) is 0.964. The second-order valence-corrected chi connectivity index (χ2v) is 13.0. The predicted octanol–water partition coefficient (Wildman–Crippen LogP) is 6.77. The first-order chi connectivity index (χ1) is 18.4. The zero-order chi connectivity index (χ0) is 28.2. The van der Waals surface area contributed by atoms with Gasteiger partial charge in [-0.15, -0.1) is 11.6 Å². The van der Waals surface area contributed by atoms with E-state index in [1.165, 1.54) is 19.3 Å². The quantitative estimate of drug-likeness (QED) is 0.264. The average Bonchev–Trinajstić information content (AvgIpc) is 2.90. The van der Waals surface area contributed by atoms with Crippen LogP contribution in [0.5, 0.6) is 0 Å². The Bertz CT molecular complexity index is 760. The molecule has 5 unspecified atom stereocenters. The standard InChI is InChI=1S/C28H44ClF6N3O/c29-24-7-3-2-6-23(24)25(38-14-9-22(10-15-38)37-12-4-1-5-13-37)26(39)36-11-8-19-16-20(27(30,31)32)18-21(17-19)28(33,34)35/h19-25H,1-18H2,(H,36,39). The Morgan fingerprint density at radius 1 is 0.795 bits per heavy atom. The Morgan fingerprint density at radius 3 is 1.95 bits per heavy atom. The Kier molecular flexibility index (Phi) is 10.8. The SMILES string of the molecule is O=C(NCCC1CC(C(F)(F)F)CC(C(F)(F)F)C1)C(C1CCCCC1Cl)N1CCC(N2CCCCC2)CC1. The first-order valence-electron chi connectivity index (χ1n) is 15.0. The molecule has 0 bridgehead atoms. The molecule has 0 radical (unpaired) electrons. The molecule has 0 aromatic carbocycles. The van der Waals surface area contributed by atoms with E-state index in [0.717, 1.165) is 64.7 Å². The molecule has 2 aliphatic heterocycles. The number of nitrogens with zero attached hydrogens (tertiary/aromatic N) is 2. The second-order valence-electron chi connectivity index (χ2n) is 12.4. The molecule has 4 rings (SSSR count). The van der Waals surface area contributed by atoms with Crippen molar-refractivity contribution in [1.29, 1.82) is 0 Å². The molecule has 2 saturated heterocycles. The van der Waals surface area contributed by atoms with Crippen molar-refractivity contribution in [2.45, 2.75) is 113 Å². The van der Waals surface area contributed by atoms with Crippen molar-refractivity contribution in [2.75, 3.05) is 32.7 Å². The Morgan fingerprint density at radius 2 is 1.38 bits per heavy atom. The zero-order valence-electron chi connectivity index (χ0n) is 22.7. The minimum atomic E-state index is -4.65. The van der Waals surface area contributed by atoms with Crippen LogP contribution in [0.3, 0.4) is 0 Å². The van der Waals surface area contributed by atoms with Crippen molar-refractivity contribution in [1.82, 2.24) is 15.1 Å². The van der Waals surface area contributed by atoms with E-state index >= 15 is 0 Å². The smallest absolute Gasteiger partial charge is 0.355 e. The molecule has 0 spiro atoms. The van der Waals surface area contributed by atoms with Gasteiger partial charge in [0.2, 0.25) is 5.91 Å². The number of hydrogen-bond donors (Lipinski definition) is 1. The highest BCUT2D eigenvalue weighted by molar-refractivity contribution is 6.21. The maximum Gasteiger partial charge on any atom is 0.391 e. The summed E-state index contributed by atoms with van der Waals surface area (Å²) in [7, 11) is 0. The number of amides is 1. The molecule has 39 heavy (non-hydrogen) atoms. The Labute approximate surface area is 233 Å². The molecule has 11 heteroatoms. The van der Waals surface area contributed by atoms with Gasteiger partial charge in [-0.3, -0.25) is 9.69 Å². The molecule has 1 N–H and O–H groups in total. The van der Waals surface area contributed by atoms with E-state index in [0.29, 0.717) is 6.04 Å². The van der Waals surface area contributed by atoms with Crippen molar-refractivity contribution in [3.05, 3.63) is 0 Å². The van der Waals surface area contributed by atoms with E-state index < -0.39 is 42.6 Å². The summed E-state index contributed by atoms with van der Waals surface area (Å²) in [5.41, 5.74) is 0. The van der Waals surface area contributed by atoms with Gasteiger partial charge in [0.05, 0.1) is 17.9 Å². The minimum absolute atomic E-state index is 0.00847. The van der Waals surface area contributed by atoms with Crippen molar-refractivity contribution in [3.63, 3.8) is 0 Å². The number of carbonyl (C=O) groups is 1. The third-order valence-electron chi connectivity index (χ3n) is 9.79. The van der Waals surface area contributed by atoms with Crippen LogP contribution in [0.4, 0.5) is 26.3 Å². The number of halogens is 7. The van der Waals surface area contributed by atoms with Gasteiger partial charge in [-0.1, -0.05) is 19.3 Å². The van der Waals surface area contributed by atoms with E-state index in [1.54, 1.807) is 0 Å². The lowest BCUT2D eigenvalue weighted by molar-refractivity contribution is -0.228. The van der Waals surface area contributed by atoms with Crippen LogP contribution < -0.4 is 5.32 Å². The second kappa shape index (κ2) is 13.5. The lowest BCUT2D eigenvalue weighted by Gasteiger charge is -2.45. The van der Waals surface area contributed by atoms with Crippen molar-refractivity contribution < 1.29 is 31.1 Å². The van der Waals surface area contributed by atoms with Gasteiger partial charge in [0, 0.05) is 31.1 Å². The van der Waals surface area contributed by atoms with Gasteiger partial charge in [-0.05, 0) is 89.1 Å². The highest BCUT2D eigenvalue weighted by atomic mass is 35.5. The first-order valence-corrected chi connectivity index (χ1v) is 15.4. The third kappa shape index (κ3) is 8.40. The molecule has 1 amide bonds. The molecule has 5 atom stereocenters. The van der Waals surface area contributed by atoms with Crippen LogP contribution in [-0.2, 0) is 4.79 Å². The number of piperidine rings is 2. The highest BCUT2D eigenvalue weighted by Crippen LogP contribution is 2.48. The lowest BCUT2D eigenvalue weighted by Crippen LogP contribution is -2.57. The van der Waals surface area contributed by atoms with Crippen LogP contribution in [0, 0.1) is 23.7 Å². The molecule has 4 fully saturated rings. The normalized spacial score (nSPS) is 33.6. The van der Waals surface area contributed by atoms with Crippen LogP contribution in [0.15, 0.2) is 0 Å². The molecule has 0 aromatic rings. The van der Waals surface area contributed by atoms with Crippen LogP contribution in [0.25, 0.3) is 0 Å². The van der Waals surface area contributed by atoms with Crippen LogP contribution in [0.1, 0.15) is 83.5 Å². The molecule has 4 nitrogen and oxygen atoms in total. The van der Waals surface area contributed by atoms with E-state index in [1.807, 2.05) is 0 Å². The largest absolute Gasteiger partial charge is 0.391 e. The van der Waals surface area contributed by atoms with E-state index in [9.17, 15) is 31.1 Å². The van der Waals surface area contributed by atoms with Gasteiger partial charge in [0.25, 0.3) is 0 Å². The number of likely N-dealkylation sites (tertiary alicyclic amines) is 2. The molecular weight excluding hydrogens is 544 g/mol. The van der Waals surface area contributed by atoms with Crippen LogP contribution >= 0.6 is 11.6 Å². The molecule has 226 valence electrons. The Balaban J connectivity index is 1.36. The third-order valence-corrected chi connectivity index (χ3v) is 10.3. The number of carbonyl (C=O) groups excluding carboxylic acids is 1.